The quantitative estimate of drug-likeness (QED) is 0.165. The summed E-state index contributed by atoms with van der Waals surface area (Å²) in [5.41, 5.74) is 2.60. The lowest BCUT2D eigenvalue weighted by molar-refractivity contribution is -0.143. The average molecular weight is 635 g/mol. The first-order valence-corrected chi connectivity index (χ1v) is 16.0. The molecule has 0 aliphatic heterocycles. The van der Waals surface area contributed by atoms with E-state index < -0.39 is 12.0 Å². The van der Waals surface area contributed by atoms with Crippen molar-refractivity contribution in [3.63, 3.8) is 0 Å². The molecule has 0 bridgehead atoms. The van der Waals surface area contributed by atoms with Crippen LogP contribution in [0.3, 0.4) is 0 Å². The van der Waals surface area contributed by atoms with Crippen LogP contribution in [-0.4, -0.2) is 102 Å². The maximum Gasteiger partial charge on any atom is 0.343 e. The van der Waals surface area contributed by atoms with Gasteiger partial charge in [-0.15, -0.1) is 0 Å². The molecule has 46 heavy (non-hydrogen) atoms. The molecule has 1 unspecified atom stereocenters. The lowest BCUT2D eigenvalue weighted by atomic mass is 9.94. The molecule has 0 saturated heterocycles. The molecule has 248 valence electrons. The summed E-state index contributed by atoms with van der Waals surface area (Å²) < 4.78 is 10.4. The number of hydrogen-bond donors (Lipinski definition) is 4. The maximum absolute atomic E-state index is 14.4. The summed E-state index contributed by atoms with van der Waals surface area (Å²) in [6.07, 6.45) is 5.45. The molecule has 2 aromatic carbocycles. The second-order valence-electron chi connectivity index (χ2n) is 11.5. The minimum absolute atomic E-state index is 0.0132. The predicted molar refractivity (Wildman–Crippen MR) is 174 cm³/mol. The van der Waals surface area contributed by atoms with Crippen LogP contribution in [0.15, 0.2) is 66.7 Å². The molecule has 4 N–H and O–H groups in total. The van der Waals surface area contributed by atoms with Crippen LogP contribution in [0.4, 0.5) is 0 Å². The Morgan fingerprint density at radius 1 is 0.913 bits per heavy atom. The van der Waals surface area contributed by atoms with E-state index >= 15 is 0 Å². The lowest BCUT2D eigenvalue weighted by Crippen LogP contribution is -2.48. The Labute approximate surface area is 270 Å². The largest absolute Gasteiger partial charge is 0.482 e. The second-order valence-corrected chi connectivity index (χ2v) is 11.5. The highest BCUT2D eigenvalue weighted by molar-refractivity contribution is 5.97. The molecule has 1 aliphatic rings. The van der Waals surface area contributed by atoms with E-state index in [0.717, 1.165) is 43.4 Å². The Hall–Kier alpha value is -4.19. The predicted octanol–water partition coefficient (Wildman–Crippen LogP) is 3.54. The van der Waals surface area contributed by atoms with Gasteiger partial charge in [-0.25, -0.2) is 4.79 Å². The zero-order valence-corrected chi connectivity index (χ0v) is 26.5. The van der Waals surface area contributed by atoms with Gasteiger partial charge in [0.1, 0.15) is 17.5 Å². The SMILES string of the molecule is COC(=O)COc1cccc(C(C(=O)NC2CCCCC2)N(CCCN(CCO)CCO)C(=O)c2ccc(-c3ccccc3)[nH]2)c1. The summed E-state index contributed by atoms with van der Waals surface area (Å²) in [4.78, 5) is 47.1. The molecule has 4 rings (SSSR count). The van der Waals surface area contributed by atoms with E-state index in [-0.39, 0.29) is 44.2 Å². The highest BCUT2D eigenvalue weighted by atomic mass is 16.6. The third-order valence-corrected chi connectivity index (χ3v) is 8.24. The number of esters is 1. The fraction of sp³-hybridized carbons (Fsp3) is 0.457. The Balaban J connectivity index is 1.69. The molecule has 11 nitrogen and oxygen atoms in total. The second kappa shape index (κ2) is 18.1. The molecule has 1 aliphatic carbocycles. The molecular weight excluding hydrogens is 588 g/mol. The lowest BCUT2D eigenvalue weighted by Gasteiger charge is -2.34. The normalized spacial score (nSPS) is 14.1. The number of benzene rings is 2. The van der Waals surface area contributed by atoms with Gasteiger partial charge in [0.15, 0.2) is 6.61 Å². The highest BCUT2D eigenvalue weighted by Crippen LogP contribution is 2.29. The molecule has 1 fully saturated rings. The molecule has 11 heteroatoms. The molecule has 3 aromatic rings. The smallest absolute Gasteiger partial charge is 0.343 e. The number of aliphatic hydroxyl groups is 2. The molecule has 1 atom stereocenters. The highest BCUT2D eigenvalue weighted by Gasteiger charge is 2.34. The molecule has 0 radical (unpaired) electrons. The van der Waals surface area contributed by atoms with Crippen LogP contribution in [0.5, 0.6) is 5.75 Å². The molecular formula is C35H46N4O7. The number of aromatic amines is 1. The summed E-state index contributed by atoms with van der Waals surface area (Å²) in [5.74, 6) is -0.801. The first-order valence-electron chi connectivity index (χ1n) is 16.0. The summed E-state index contributed by atoms with van der Waals surface area (Å²) in [7, 11) is 1.28. The summed E-state index contributed by atoms with van der Waals surface area (Å²) >= 11 is 0. The van der Waals surface area contributed by atoms with Crippen molar-refractivity contribution >= 4 is 17.8 Å². The zero-order valence-electron chi connectivity index (χ0n) is 26.5. The number of nitrogens with zero attached hydrogens (tertiary/aromatic N) is 2. The van der Waals surface area contributed by atoms with Crippen LogP contribution in [0.2, 0.25) is 0 Å². The Morgan fingerprint density at radius 3 is 2.35 bits per heavy atom. The number of aromatic nitrogens is 1. The monoisotopic (exact) mass is 634 g/mol. The summed E-state index contributed by atoms with van der Waals surface area (Å²) in [6, 6.07) is 19.2. The molecule has 1 aromatic heterocycles. The van der Waals surface area contributed by atoms with Crippen LogP contribution in [0.25, 0.3) is 11.3 Å². The number of amides is 2. The van der Waals surface area contributed by atoms with Crippen molar-refractivity contribution < 1.29 is 34.1 Å². The molecule has 1 saturated carbocycles. The number of hydrogen-bond acceptors (Lipinski definition) is 8. The van der Waals surface area contributed by atoms with Gasteiger partial charge in [-0.2, -0.15) is 0 Å². The molecule has 0 spiro atoms. The van der Waals surface area contributed by atoms with E-state index in [2.05, 4.69) is 10.3 Å². The number of aliphatic hydroxyl groups excluding tert-OH is 2. The number of methoxy groups -OCH3 is 1. The van der Waals surface area contributed by atoms with Crippen LogP contribution in [0, 0.1) is 0 Å². The van der Waals surface area contributed by atoms with Crippen molar-refractivity contribution in [2.75, 3.05) is 53.1 Å². The van der Waals surface area contributed by atoms with Gasteiger partial charge in [-0.1, -0.05) is 61.7 Å². The van der Waals surface area contributed by atoms with Gasteiger partial charge < -0.3 is 34.9 Å². The first kappa shape index (κ1) is 34.7. The van der Waals surface area contributed by atoms with Crippen LogP contribution in [0.1, 0.15) is 60.6 Å². The van der Waals surface area contributed by atoms with E-state index in [1.807, 2.05) is 41.3 Å². The van der Waals surface area contributed by atoms with Gasteiger partial charge in [-0.3, -0.25) is 14.5 Å². The van der Waals surface area contributed by atoms with Crippen molar-refractivity contribution in [3.8, 4) is 17.0 Å². The average Bonchev–Trinajstić information content (AvgIpc) is 3.58. The van der Waals surface area contributed by atoms with Crippen molar-refractivity contribution in [3.05, 3.63) is 78.0 Å². The van der Waals surface area contributed by atoms with Gasteiger partial charge in [0.25, 0.3) is 5.91 Å². The Bertz CT molecular complexity index is 1380. The summed E-state index contributed by atoms with van der Waals surface area (Å²) in [5, 5.41) is 22.2. The van der Waals surface area contributed by atoms with Gasteiger partial charge in [0.05, 0.1) is 20.3 Å². The first-order chi connectivity index (χ1) is 22.4. The molecule has 2 amide bonds. The van der Waals surface area contributed by atoms with E-state index in [1.54, 1.807) is 35.2 Å². The number of carbonyl (C=O) groups excluding carboxylic acids is 3. The van der Waals surface area contributed by atoms with Gasteiger partial charge in [0.2, 0.25) is 5.91 Å². The minimum Gasteiger partial charge on any atom is -0.482 e. The van der Waals surface area contributed by atoms with E-state index in [9.17, 15) is 24.6 Å². The fourth-order valence-corrected chi connectivity index (χ4v) is 5.87. The number of carbonyl (C=O) groups is 3. The maximum atomic E-state index is 14.4. The number of nitrogens with one attached hydrogen (secondary N) is 2. The minimum atomic E-state index is -0.997. The van der Waals surface area contributed by atoms with Crippen molar-refractivity contribution in [2.24, 2.45) is 0 Å². The van der Waals surface area contributed by atoms with E-state index in [4.69, 9.17) is 9.47 Å². The van der Waals surface area contributed by atoms with E-state index in [1.165, 1.54) is 7.11 Å². The van der Waals surface area contributed by atoms with Crippen molar-refractivity contribution in [1.29, 1.82) is 0 Å². The van der Waals surface area contributed by atoms with Gasteiger partial charge in [-0.05, 0) is 54.7 Å². The third kappa shape index (κ3) is 9.90. The van der Waals surface area contributed by atoms with Crippen LogP contribution >= 0.6 is 0 Å². The summed E-state index contributed by atoms with van der Waals surface area (Å²) in [6.45, 7) is 1.09. The molecule has 1 heterocycles. The van der Waals surface area contributed by atoms with Crippen molar-refractivity contribution in [1.82, 2.24) is 20.1 Å². The zero-order chi connectivity index (χ0) is 32.7. The third-order valence-electron chi connectivity index (χ3n) is 8.24. The van der Waals surface area contributed by atoms with Crippen LogP contribution < -0.4 is 10.1 Å². The Morgan fingerprint density at radius 2 is 1.65 bits per heavy atom. The van der Waals surface area contributed by atoms with Gasteiger partial charge in [0, 0.05) is 37.9 Å². The number of H-pyrrole nitrogens is 1. The standard InChI is InChI=1S/C35H46N4O7/c1-45-32(42)25-46-29-15-8-12-27(24-29)33(34(43)36-28-13-6-3-7-14-28)39(19-9-18-38(20-22-40)21-23-41)35(44)31-17-16-30(37-31)26-10-4-2-5-11-26/h2,4-5,8,10-12,15-17,24,28,33,37,40-41H,3,6-7,9,13-14,18-23,25H2,1H3,(H,36,43). The van der Waals surface area contributed by atoms with Gasteiger partial charge >= 0.3 is 5.97 Å². The fourth-order valence-electron chi connectivity index (χ4n) is 5.87. The number of ether oxygens (including phenoxy) is 2. The Kier molecular flexibility index (Phi) is 13.6. The van der Waals surface area contributed by atoms with Crippen molar-refractivity contribution in [2.45, 2.75) is 50.6 Å². The number of rotatable bonds is 17. The van der Waals surface area contributed by atoms with E-state index in [0.29, 0.717) is 43.1 Å². The topological polar surface area (TPSA) is 144 Å². The van der Waals surface area contributed by atoms with Crippen LogP contribution in [-0.2, 0) is 14.3 Å².